The number of carbonyl (C=O) groups excluding carboxylic acids is 1. The predicted molar refractivity (Wildman–Crippen MR) is 98.5 cm³/mol. The van der Waals surface area contributed by atoms with Gasteiger partial charge in [0, 0.05) is 39.1 Å². The van der Waals surface area contributed by atoms with Gasteiger partial charge in [0.1, 0.15) is 0 Å². The number of piperidine rings is 1. The van der Waals surface area contributed by atoms with Gasteiger partial charge in [0.15, 0.2) is 0 Å². The molecule has 2 aromatic rings. The molecule has 1 aliphatic heterocycles. The molecule has 8 heteroatoms. The van der Waals surface area contributed by atoms with E-state index >= 15 is 0 Å². The van der Waals surface area contributed by atoms with Crippen LogP contribution in [0.4, 0.5) is 4.79 Å². The normalized spacial score (nSPS) is 15.8. The highest BCUT2D eigenvalue weighted by molar-refractivity contribution is 7.91. The van der Waals surface area contributed by atoms with Crippen LogP contribution in [0.2, 0.25) is 0 Å². The lowest BCUT2D eigenvalue weighted by Crippen LogP contribution is -2.47. The zero-order valence-corrected chi connectivity index (χ0v) is 15.7. The quantitative estimate of drug-likeness (QED) is 0.859. The summed E-state index contributed by atoms with van der Waals surface area (Å²) < 4.78 is 26.9. The number of aryl methyl sites for hydroxylation is 1. The first-order chi connectivity index (χ1) is 12.5. The minimum absolute atomic E-state index is 0.100. The van der Waals surface area contributed by atoms with Crippen molar-refractivity contribution < 1.29 is 13.2 Å². The molecule has 1 aliphatic rings. The van der Waals surface area contributed by atoms with Crippen molar-refractivity contribution in [3.8, 4) is 0 Å². The SMILES string of the molecule is Cn1ccnc1S(=O)(=O)C1CCN(C(=O)NCCc2ccccc2)CC1. The van der Waals surface area contributed by atoms with E-state index in [2.05, 4.69) is 10.3 Å². The maximum atomic E-state index is 12.7. The summed E-state index contributed by atoms with van der Waals surface area (Å²) in [4.78, 5) is 17.9. The van der Waals surface area contributed by atoms with Crippen molar-refractivity contribution in [3.05, 3.63) is 48.3 Å². The molecular weight excluding hydrogens is 352 g/mol. The lowest BCUT2D eigenvalue weighted by molar-refractivity contribution is 0.187. The Labute approximate surface area is 154 Å². The van der Waals surface area contributed by atoms with E-state index in [-0.39, 0.29) is 11.2 Å². The van der Waals surface area contributed by atoms with Crippen molar-refractivity contribution >= 4 is 15.9 Å². The molecule has 2 amide bonds. The average Bonchev–Trinajstić information content (AvgIpc) is 3.09. The Morgan fingerprint density at radius 3 is 2.54 bits per heavy atom. The number of nitrogens with one attached hydrogen (secondary N) is 1. The lowest BCUT2D eigenvalue weighted by Gasteiger charge is -2.31. The van der Waals surface area contributed by atoms with Gasteiger partial charge in [-0.05, 0) is 24.8 Å². The molecule has 1 saturated heterocycles. The van der Waals surface area contributed by atoms with E-state index in [1.807, 2.05) is 30.3 Å². The van der Waals surface area contributed by atoms with Crippen molar-refractivity contribution in [1.29, 1.82) is 0 Å². The lowest BCUT2D eigenvalue weighted by atomic mass is 10.1. The number of likely N-dealkylation sites (tertiary alicyclic amines) is 1. The number of amides is 2. The second-order valence-corrected chi connectivity index (χ2v) is 8.64. The van der Waals surface area contributed by atoms with Crippen molar-refractivity contribution in [1.82, 2.24) is 19.8 Å². The second-order valence-electron chi connectivity index (χ2n) is 6.52. The van der Waals surface area contributed by atoms with Crippen LogP contribution in [0, 0.1) is 0 Å². The van der Waals surface area contributed by atoms with Crippen molar-refractivity contribution in [3.63, 3.8) is 0 Å². The topological polar surface area (TPSA) is 84.3 Å². The molecule has 0 radical (unpaired) electrons. The molecule has 3 rings (SSSR count). The second kappa shape index (κ2) is 7.90. The van der Waals surface area contributed by atoms with E-state index in [0.717, 1.165) is 6.42 Å². The molecule has 26 heavy (non-hydrogen) atoms. The zero-order chi connectivity index (χ0) is 18.6. The van der Waals surface area contributed by atoms with Crippen LogP contribution in [-0.2, 0) is 23.3 Å². The Hall–Kier alpha value is -2.35. The number of nitrogens with zero attached hydrogens (tertiary/aromatic N) is 3. The van der Waals surface area contributed by atoms with Gasteiger partial charge in [0.2, 0.25) is 15.0 Å². The van der Waals surface area contributed by atoms with Crippen LogP contribution in [-0.4, -0.2) is 53.8 Å². The summed E-state index contributed by atoms with van der Waals surface area (Å²) in [6.07, 6.45) is 4.75. The van der Waals surface area contributed by atoms with Gasteiger partial charge in [-0.1, -0.05) is 30.3 Å². The first kappa shape index (κ1) is 18.4. The van der Waals surface area contributed by atoms with Gasteiger partial charge in [-0.3, -0.25) is 0 Å². The van der Waals surface area contributed by atoms with Crippen LogP contribution < -0.4 is 5.32 Å². The molecule has 2 heterocycles. The van der Waals surface area contributed by atoms with Crippen LogP contribution in [0.15, 0.2) is 47.9 Å². The highest BCUT2D eigenvalue weighted by atomic mass is 32.2. The predicted octanol–water partition coefficient (Wildman–Crippen LogP) is 1.61. The Morgan fingerprint density at radius 2 is 1.92 bits per heavy atom. The molecule has 1 N–H and O–H groups in total. The minimum atomic E-state index is -3.46. The molecule has 0 spiro atoms. The van der Waals surface area contributed by atoms with Crippen molar-refractivity contribution in [2.45, 2.75) is 29.7 Å². The fourth-order valence-corrected chi connectivity index (χ4v) is 5.01. The van der Waals surface area contributed by atoms with Gasteiger partial charge in [0.25, 0.3) is 0 Å². The van der Waals surface area contributed by atoms with E-state index in [1.54, 1.807) is 18.1 Å². The summed E-state index contributed by atoms with van der Waals surface area (Å²) >= 11 is 0. The fourth-order valence-electron chi connectivity index (χ4n) is 3.21. The summed E-state index contributed by atoms with van der Waals surface area (Å²) in [6, 6.07) is 9.84. The molecule has 1 fully saturated rings. The number of sulfone groups is 1. The maximum absolute atomic E-state index is 12.7. The Bertz CT molecular complexity index is 840. The number of rotatable bonds is 5. The number of aromatic nitrogens is 2. The summed E-state index contributed by atoms with van der Waals surface area (Å²) in [5, 5.41) is 2.52. The first-order valence-electron chi connectivity index (χ1n) is 8.76. The Balaban J connectivity index is 1.49. The molecule has 1 aromatic heterocycles. The van der Waals surface area contributed by atoms with E-state index in [1.165, 1.54) is 16.3 Å². The summed E-state index contributed by atoms with van der Waals surface area (Å²) in [6.45, 7) is 1.44. The third-order valence-electron chi connectivity index (χ3n) is 4.73. The fraction of sp³-hybridized carbons (Fsp3) is 0.444. The van der Waals surface area contributed by atoms with E-state index in [4.69, 9.17) is 0 Å². The van der Waals surface area contributed by atoms with E-state index in [9.17, 15) is 13.2 Å². The van der Waals surface area contributed by atoms with Crippen LogP contribution in [0.3, 0.4) is 0 Å². The summed E-state index contributed by atoms with van der Waals surface area (Å²) in [5.41, 5.74) is 1.17. The van der Waals surface area contributed by atoms with Gasteiger partial charge in [-0.15, -0.1) is 0 Å². The van der Waals surface area contributed by atoms with Crippen LogP contribution in [0.25, 0.3) is 0 Å². The van der Waals surface area contributed by atoms with E-state index in [0.29, 0.717) is 32.5 Å². The third-order valence-corrected chi connectivity index (χ3v) is 6.98. The molecule has 140 valence electrons. The van der Waals surface area contributed by atoms with Gasteiger partial charge < -0.3 is 14.8 Å². The third kappa shape index (κ3) is 4.07. The van der Waals surface area contributed by atoms with Crippen molar-refractivity contribution in [2.24, 2.45) is 7.05 Å². The van der Waals surface area contributed by atoms with Gasteiger partial charge >= 0.3 is 6.03 Å². The number of benzene rings is 1. The van der Waals surface area contributed by atoms with Crippen molar-refractivity contribution in [2.75, 3.05) is 19.6 Å². The number of hydrogen-bond donors (Lipinski definition) is 1. The smallest absolute Gasteiger partial charge is 0.317 e. The monoisotopic (exact) mass is 376 g/mol. The van der Waals surface area contributed by atoms with Gasteiger partial charge in [-0.2, -0.15) is 0 Å². The molecule has 0 bridgehead atoms. The molecule has 0 unspecified atom stereocenters. The molecule has 1 aromatic carbocycles. The molecule has 0 atom stereocenters. The Morgan fingerprint density at radius 1 is 1.23 bits per heavy atom. The first-order valence-corrected chi connectivity index (χ1v) is 10.3. The minimum Gasteiger partial charge on any atom is -0.338 e. The summed E-state index contributed by atoms with van der Waals surface area (Å²) in [5.74, 6) is 0. The Kier molecular flexibility index (Phi) is 5.61. The molecule has 0 saturated carbocycles. The van der Waals surface area contributed by atoms with Crippen LogP contribution >= 0.6 is 0 Å². The van der Waals surface area contributed by atoms with Gasteiger partial charge in [0.05, 0.1) is 5.25 Å². The molecule has 7 nitrogen and oxygen atoms in total. The molecule has 0 aliphatic carbocycles. The standard InChI is InChI=1S/C18H24N4O3S/c1-21-14-11-20-18(21)26(24,25)16-8-12-22(13-9-16)17(23)19-10-7-15-5-3-2-4-6-15/h2-6,11,14,16H,7-10,12-13H2,1H3,(H,19,23). The number of carbonyl (C=O) groups is 1. The van der Waals surface area contributed by atoms with Gasteiger partial charge in [-0.25, -0.2) is 18.2 Å². The zero-order valence-electron chi connectivity index (χ0n) is 14.8. The number of hydrogen-bond acceptors (Lipinski definition) is 4. The van der Waals surface area contributed by atoms with Crippen LogP contribution in [0.1, 0.15) is 18.4 Å². The average molecular weight is 376 g/mol. The van der Waals surface area contributed by atoms with E-state index < -0.39 is 15.1 Å². The highest BCUT2D eigenvalue weighted by Gasteiger charge is 2.34. The van der Waals surface area contributed by atoms with Crippen LogP contribution in [0.5, 0.6) is 0 Å². The number of urea groups is 1. The molecular formula is C18H24N4O3S. The summed E-state index contributed by atoms with van der Waals surface area (Å²) in [7, 11) is -1.78. The number of imidazole rings is 1. The largest absolute Gasteiger partial charge is 0.338 e. The highest BCUT2D eigenvalue weighted by Crippen LogP contribution is 2.23. The maximum Gasteiger partial charge on any atom is 0.317 e.